The summed E-state index contributed by atoms with van der Waals surface area (Å²) in [4.78, 5) is 12.4. The zero-order chi connectivity index (χ0) is 13.9. The van der Waals surface area contributed by atoms with Crippen LogP contribution < -0.4 is 15.4 Å². The van der Waals surface area contributed by atoms with Gasteiger partial charge >= 0.3 is 6.01 Å². The number of hydrogen-bond acceptors (Lipinski definition) is 8. The number of ether oxygens (including phenoxy) is 2. The highest BCUT2D eigenvalue weighted by Gasteiger charge is 2.05. The van der Waals surface area contributed by atoms with Gasteiger partial charge in [-0.15, -0.1) is 0 Å². The van der Waals surface area contributed by atoms with Gasteiger partial charge in [-0.25, -0.2) is 0 Å². The second kappa shape index (κ2) is 9.29. The molecule has 8 heteroatoms. The van der Waals surface area contributed by atoms with Crippen LogP contribution in [0, 0.1) is 0 Å². The maximum Gasteiger partial charge on any atom is 0.323 e. The fourth-order valence-corrected chi connectivity index (χ4v) is 1.21. The van der Waals surface area contributed by atoms with Crippen molar-refractivity contribution in [2.45, 2.75) is 13.3 Å². The normalized spacial score (nSPS) is 10.3. The fraction of sp³-hybridized carbons (Fsp3) is 0.727. The van der Waals surface area contributed by atoms with Gasteiger partial charge < -0.3 is 25.2 Å². The van der Waals surface area contributed by atoms with Gasteiger partial charge in [-0.05, 0) is 6.42 Å². The van der Waals surface area contributed by atoms with E-state index < -0.39 is 0 Å². The summed E-state index contributed by atoms with van der Waals surface area (Å²) in [6, 6.07) is 0.292. The zero-order valence-electron chi connectivity index (χ0n) is 11.3. The number of nitrogens with zero attached hydrogens (tertiary/aromatic N) is 3. The third-order valence-electron chi connectivity index (χ3n) is 2.04. The largest absolute Gasteiger partial charge is 0.463 e. The van der Waals surface area contributed by atoms with Gasteiger partial charge in [-0.1, -0.05) is 6.92 Å². The van der Waals surface area contributed by atoms with Gasteiger partial charge in [0.25, 0.3) is 0 Å². The smallest absolute Gasteiger partial charge is 0.323 e. The summed E-state index contributed by atoms with van der Waals surface area (Å²) in [5.41, 5.74) is 0. The molecule has 1 heterocycles. The Bertz CT molecular complexity index is 364. The van der Waals surface area contributed by atoms with E-state index in [2.05, 4.69) is 25.6 Å². The van der Waals surface area contributed by atoms with Crippen LogP contribution in [-0.2, 0) is 4.74 Å². The fourth-order valence-electron chi connectivity index (χ4n) is 1.21. The van der Waals surface area contributed by atoms with Crippen LogP contribution in [0.1, 0.15) is 13.3 Å². The molecule has 0 radical (unpaired) electrons. The average Bonchev–Trinajstić information content (AvgIpc) is 2.44. The van der Waals surface area contributed by atoms with E-state index in [-0.39, 0.29) is 6.61 Å². The van der Waals surface area contributed by atoms with Crippen LogP contribution in [0.25, 0.3) is 0 Å². The van der Waals surface area contributed by atoms with Gasteiger partial charge in [-0.2, -0.15) is 15.0 Å². The molecular formula is C11H21N5O3. The maximum absolute atomic E-state index is 8.57. The lowest BCUT2D eigenvalue weighted by Crippen LogP contribution is -2.14. The lowest BCUT2D eigenvalue weighted by atomic mass is 10.5. The van der Waals surface area contributed by atoms with Crippen LogP contribution >= 0.6 is 0 Å². The predicted molar refractivity (Wildman–Crippen MR) is 71.6 cm³/mol. The molecule has 0 saturated carbocycles. The summed E-state index contributed by atoms with van der Waals surface area (Å²) in [5, 5.41) is 14.4. The first-order valence-electron chi connectivity index (χ1n) is 6.29. The third-order valence-corrected chi connectivity index (χ3v) is 2.04. The lowest BCUT2D eigenvalue weighted by Gasteiger charge is -2.09. The molecule has 0 bridgehead atoms. The molecule has 3 N–H and O–H groups in total. The number of anilines is 2. The molecule has 0 aliphatic carbocycles. The first-order chi connectivity index (χ1) is 9.30. The molecule has 0 saturated heterocycles. The summed E-state index contributed by atoms with van der Waals surface area (Å²) in [6.07, 6.45) is 0.887. The molecule has 0 fully saturated rings. The van der Waals surface area contributed by atoms with E-state index in [1.807, 2.05) is 6.92 Å². The third kappa shape index (κ3) is 6.16. The minimum atomic E-state index is 0.0185. The van der Waals surface area contributed by atoms with E-state index in [1.165, 1.54) is 0 Å². The quantitative estimate of drug-likeness (QED) is 0.516. The molecule has 0 unspecified atom stereocenters. The molecule has 1 aromatic heterocycles. The lowest BCUT2D eigenvalue weighted by molar-refractivity contribution is 0.0991. The van der Waals surface area contributed by atoms with Crippen molar-refractivity contribution in [1.29, 1.82) is 0 Å². The second-order valence-electron chi connectivity index (χ2n) is 3.63. The van der Waals surface area contributed by atoms with E-state index in [0.29, 0.717) is 44.3 Å². The molecule has 0 aliphatic heterocycles. The number of aliphatic hydroxyl groups excluding tert-OH is 1. The van der Waals surface area contributed by atoms with E-state index in [0.717, 1.165) is 6.42 Å². The molecule has 0 atom stereocenters. The number of hydrogen-bond donors (Lipinski definition) is 3. The van der Waals surface area contributed by atoms with E-state index in [1.54, 1.807) is 7.05 Å². The first-order valence-corrected chi connectivity index (χ1v) is 6.29. The minimum absolute atomic E-state index is 0.0185. The van der Waals surface area contributed by atoms with Crippen LogP contribution in [0.5, 0.6) is 6.01 Å². The van der Waals surface area contributed by atoms with Crippen molar-refractivity contribution in [2.75, 3.05) is 50.7 Å². The Hall–Kier alpha value is -1.67. The summed E-state index contributed by atoms with van der Waals surface area (Å²) < 4.78 is 10.5. The average molecular weight is 271 g/mol. The van der Waals surface area contributed by atoms with Crippen LogP contribution in [0.3, 0.4) is 0 Å². The maximum atomic E-state index is 8.57. The van der Waals surface area contributed by atoms with Crippen LogP contribution in [0.15, 0.2) is 0 Å². The van der Waals surface area contributed by atoms with Crippen molar-refractivity contribution in [3.8, 4) is 6.01 Å². The summed E-state index contributed by atoms with van der Waals surface area (Å²) in [7, 11) is 1.73. The van der Waals surface area contributed by atoms with Crippen molar-refractivity contribution < 1.29 is 14.6 Å². The van der Waals surface area contributed by atoms with Crippen LogP contribution in [-0.4, -0.2) is 60.1 Å². The Morgan fingerprint density at radius 1 is 1.11 bits per heavy atom. The first kappa shape index (κ1) is 15.4. The molecule has 0 aromatic carbocycles. The molecule has 8 nitrogen and oxygen atoms in total. The van der Waals surface area contributed by atoms with Gasteiger partial charge in [0.15, 0.2) is 0 Å². The van der Waals surface area contributed by atoms with Crippen LogP contribution in [0.4, 0.5) is 11.9 Å². The predicted octanol–water partition coefficient (Wildman–Crippen LogP) is 0.123. The summed E-state index contributed by atoms with van der Waals surface area (Å²) >= 11 is 0. The molecule has 0 aliphatic rings. The van der Waals surface area contributed by atoms with E-state index in [9.17, 15) is 0 Å². The second-order valence-corrected chi connectivity index (χ2v) is 3.63. The van der Waals surface area contributed by atoms with Crippen molar-refractivity contribution in [2.24, 2.45) is 0 Å². The van der Waals surface area contributed by atoms with Crippen molar-refractivity contribution in [3.05, 3.63) is 0 Å². The number of aromatic nitrogens is 3. The van der Waals surface area contributed by atoms with Gasteiger partial charge in [0.2, 0.25) is 11.9 Å². The monoisotopic (exact) mass is 271 g/mol. The molecule has 0 amide bonds. The molecule has 19 heavy (non-hydrogen) atoms. The molecule has 1 rings (SSSR count). The Labute approximate surface area is 112 Å². The Morgan fingerprint density at radius 2 is 1.89 bits per heavy atom. The highest BCUT2D eigenvalue weighted by molar-refractivity contribution is 5.35. The van der Waals surface area contributed by atoms with Crippen molar-refractivity contribution in [1.82, 2.24) is 15.0 Å². The Morgan fingerprint density at radius 3 is 2.58 bits per heavy atom. The summed E-state index contributed by atoms with van der Waals surface area (Å²) in [5.74, 6) is 0.873. The van der Waals surface area contributed by atoms with Gasteiger partial charge in [0, 0.05) is 13.6 Å². The minimum Gasteiger partial charge on any atom is -0.463 e. The number of nitrogens with one attached hydrogen (secondary N) is 2. The number of aliphatic hydroxyl groups is 1. The van der Waals surface area contributed by atoms with Gasteiger partial charge in [0.05, 0.1) is 26.4 Å². The Kier molecular flexibility index (Phi) is 7.52. The SMILES string of the molecule is CCCOc1nc(NC)nc(NCCOCCO)n1. The molecule has 1 aromatic rings. The van der Waals surface area contributed by atoms with E-state index >= 15 is 0 Å². The summed E-state index contributed by atoms with van der Waals surface area (Å²) in [6.45, 7) is 3.92. The van der Waals surface area contributed by atoms with E-state index in [4.69, 9.17) is 14.6 Å². The zero-order valence-corrected chi connectivity index (χ0v) is 11.3. The van der Waals surface area contributed by atoms with Crippen LogP contribution in [0.2, 0.25) is 0 Å². The Balaban J connectivity index is 2.50. The topological polar surface area (TPSA) is 101 Å². The van der Waals surface area contributed by atoms with Gasteiger partial charge in [0.1, 0.15) is 0 Å². The molecular weight excluding hydrogens is 250 g/mol. The highest BCUT2D eigenvalue weighted by Crippen LogP contribution is 2.10. The standard InChI is InChI=1S/C11H21N5O3/c1-3-6-19-11-15-9(12-2)14-10(16-11)13-4-7-18-8-5-17/h17H,3-8H2,1-2H3,(H2,12,13,14,15,16). The molecule has 0 spiro atoms. The highest BCUT2D eigenvalue weighted by atomic mass is 16.5. The van der Waals surface area contributed by atoms with Crippen molar-refractivity contribution in [3.63, 3.8) is 0 Å². The molecule has 108 valence electrons. The van der Waals surface area contributed by atoms with Gasteiger partial charge in [-0.3, -0.25) is 0 Å². The van der Waals surface area contributed by atoms with Crippen molar-refractivity contribution >= 4 is 11.9 Å². The number of rotatable bonds is 10.